The molecule has 9 heteroatoms. The number of hydrogen-bond acceptors (Lipinski definition) is 6. The molecule has 3 aromatic carbocycles. The van der Waals surface area contributed by atoms with Gasteiger partial charge in [0.1, 0.15) is 0 Å². The van der Waals surface area contributed by atoms with E-state index >= 15 is 0 Å². The number of fused-ring (bicyclic) bond motifs is 1. The van der Waals surface area contributed by atoms with Crippen LogP contribution >= 0.6 is 0 Å². The first-order chi connectivity index (χ1) is 17.4. The predicted molar refractivity (Wildman–Crippen MR) is 135 cm³/mol. The lowest BCUT2D eigenvalue weighted by molar-refractivity contribution is 0.0950. The zero-order chi connectivity index (χ0) is 25.1. The lowest BCUT2D eigenvalue weighted by atomic mass is 10.1. The number of aryl methyl sites for hydroxylation is 1. The van der Waals surface area contributed by atoms with Crippen molar-refractivity contribution >= 4 is 15.9 Å². The molecule has 2 aliphatic rings. The molecule has 0 saturated carbocycles. The highest BCUT2D eigenvalue weighted by Crippen LogP contribution is 2.32. The predicted octanol–water partition coefficient (Wildman–Crippen LogP) is 3.16. The third-order valence-corrected chi connectivity index (χ3v) is 8.39. The van der Waals surface area contributed by atoms with E-state index in [0.717, 1.165) is 16.7 Å². The molecule has 188 valence electrons. The molecule has 1 fully saturated rings. The number of carbonyl (C=O) groups excluding carboxylic acids is 1. The molecule has 0 unspecified atom stereocenters. The Morgan fingerprint density at radius 3 is 2.42 bits per heavy atom. The van der Waals surface area contributed by atoms with Gasteiger partial charge in [-0.15, -0.1) is 0 Å². The normalized spacial score (nSPS) is 16.1. The molecule has 1 saturated heterocycles. The summed E-state index contributed by atoms with van der Waals surface area (Å²) in [6.07, 6.45) is 0. The second kappa shape index (κ2) is 10.3. The van der Waals surface area contributed by atoms with Crippen molar-refractivity contribution in [3.05, 3.63) is 89.0 Å². The maximum atomic E-state index is 13.0. The first kappa shape index (κ1) is 24.3. The van der Waals surface area contributed by atoms with Gasteiger partial charge in [0.25, 0.3) is 5.91 Å². The van der Waals surface area contributed by atoms with Gasteiger partial charge in [0.05, 0.1) is 4.90 Å². The number of ether oxygens (including phenoxy) is 2. The summed E-state index contributed by atoms with van der Waals surface area (Å²) in [6, 6.07) is 20.2. The summed E-state index contributed by atoms with van der Waals surface area (Å²) in [5.41, 5.74) is 3.57. The second-order valence-corrected chi connectivity index (χ2v) is 11.0. The van der Waals surface area contributed by atoms with Gasteiger partial charge in [0.15, 0.2) is 11.5 Å². The summed E-state index contributed by atoms with van der Waals surface area (Å²) in [5, 5.41) is 2.96. The fraction of sp³-hybridized carbons (Fsp3) is 0.296. The van der Waals surface area contributed by atoms with Crippen LogP contribution in [0.15, 0.2) is 71.6 Å². The number of benzene rings is 3. The molecule has 0 bridgehead atoms. The van der Waals surface area contributed by atoms with E-state index in [0.29, 0.717) is 61.2 Å². The Balaban J connectivity index is 1.15. The van der Waals surface area contributed by atoms with Gasteiger partial charge in [-0.2, -0.15) is 4.31 Å². The van der Waals surface area contributed by atoms with Crippen molar-refractivity contribution in [3.63, 3.8) is 0 Å². The van der Waals surface area contributed by atoms with Gasteiger partial charge >= 0.3 is 0 Å². The van der Waals surface area contributed by atoms with Crippen LogP contribution in [0.1, 0.15) is 27.0 Å². The van der Waals surface area contributed by atoms with Crippen LogP contribution in [0.5, 0.6) is 11.5 Å². The van der Waals surface area contributed by atoms with Crippen molar-refractivity contribution in [1.29, 1.82) is 0 Å². The SMILES string of the molecule is Cc1ccc(S(=O)(=O)N2CCN(Cc3cccc(C(=O)NCc4ccc5c(c4)OCO5)c3)CC2)cc1. The molecule has 8 nitrogen and oxygen atoms in total. The highest BCUT2D eigenvalue weighted by molar-refractivity contribution is 7.89. The van der Waals surface area contributed by atoms with Crippen molar-refractivity contribution in [2.75, 3.05) is 33.0 Å². The molecule has 0 atom stereocenters. The number of piperazine rings is 1. The number of nitrogens with one attached hydrogen (secondary N) is 1. The summed E-state index contributed by atoms with van der Waals surface area (Å²) < 4.78 is 38.2. The molecule has 2 heterocycles. The number of carbonyl (C=O) groups is 1. The molecule has 1 N–H and O–H groups in total. The Kier molecular flexibility index (Phi) is 6.95. The minimum absolute atomic E-state index is 0.150. The van der Waals surface area contributed by atoms with E-state index in [1.165, 1.54) is 0 Å². The molecule has 36 heavy (non-hydrogen) atoms. The van der Waals surface area contributed by atoms with Gasteiger partial charge in [-0.3, -0.25) is 9.69 Å². The van der Waals surface area contributed by atoms with Gasteiger partial charge in [0, 0.05) is 44.8 Å². The first-order valence-corrected chi connectivity index (χ1v) is 13.4. The van der Waals surface area contributed by atoms with Crippen molar-refractivity contribution in [3.8, 4) is 11.5 Å². The van der Waals surface area contributed by atoms with E-state index in [9.17, 15) is 13.2 Å². The molecule has 0 aliphatic carbocycles. The number of nitrogens with zero attached hydrogens (tertiary/aromatic N) is 2. The van der Waals surface area contributed by atoms with Crippen LogP contribution in [0.2, 0.25) is 0 Å². The van der Waals surface area contributed by atoms with Crippen LogP contribution in [0.25, 0.3) is 0 Å². The van der Waals surface area contributed by atoms with E-state index in [-0.39, 0.29) is 12.7 Å². The fourth-order valence-corrected chi connectivity index (χ4v) is 5.81. The largest absolute Gasteiger partial charge is 0.454 e. The van der Waals surface area contributed by atoms with Crippen LogP contribution in [0, 0.1) is 6.92 Å². The Hall–Kier alpha value is -3.40. The zero-order valence-corrected chi connectivity index (χ0v) is 21.0. The van der Waals surface area contributed by atoms with E-state index in [1.807, 2.05) is 55.5 Å². The third-order valence-electron chi connectivity index (χ3n) is 6.48. The highest BCUT2D eigenvalue weighted by Gasteiger charge is 2.28. The topological polar surface area (TPSA) is 88.2 Å². The highest BCUT2D eigenvalue weighted by atomic mass is 32.2. The zero-order valence-electron chi connectivity index (χ0n) is 20.1. The van der Waals surface area contributed by atoms with E-state index < -0.39 is 10.0 Å². The van der Waals surface area contributed by atoms with Crippen LogP contribution in [-0.2, 0) is 23.1 Å². The van der Waals surface area contributed by atoms with Crippen LogP contribution in [0.4, 0.5) is 0 Å². The van der Waals surface area contributed by atoms with Crippen molar-refractivity contribution in [1.82, 2.24) is 14.5 Å². The minimum atomic E-state index is -3.49. The molecular formula is C27H29N3O5S. The Morgan fingerprint density at radius 1 is 0.889 bits per heavy atom. The van der Waals surface area contributed by atoms with Crippen LogP contribution in [0.3, 0.4) is 0 Å². The second-order valence-electron chi connectivity index (χ2n) is 9.06. The quantitative estimate of drug-likeness (QED) is 0.529. The Morgan fingerprint density at radius 2 is 1.64 bits per heavy atom. The van der Waals surface area contributed by atoms with E-state index in [2.05, 4.69) is 10.2 Å². The van der Waals surface area contributed by atoms with Crippen molar-refractivity contribution in [2.24, 2.45) is 0 Å². The average molecular weight is 508 g/mol. The van der Waals surface area contributed by atoms with Gasteiger partial charge in [-0.25, -0.2) is 8.42 Å². The molecular weight excluding hydrogens is 478 g/mol. The summed E-state index contributed by atoms with van der Waals surface area (Å²) in [4.78, 5) is 15.3. The molecule has 1 amide bonds. The van der Waals surface area contributed by atoms with E-state index in [4.69, 9.17) is 9.47 Å². The fourth-order valence-electron chi connectivity index (χ4n) is 4.39. The van der Waals surface area contributed by atoms with E-state index in [1.54, 1.807) is 22.5 Å². The van der Waals surface area contributed by atoms with Gasteiger partial charge in [0.2, 0.25) is 16.8 Å². The molecule has 0 radical (unpaired) electrons. The molecule has 0 spiro atoms. The van der Waals surface area contributed by atoms with Gasteiger partial charge < -0.3 is 14.8 Å². The lowest BCUT2D eigenvalue weighted by Crippen LogP contribution is -2.48. The number of hydrogen-bond donors (Lipinski definition) is 1. The van der Waals surface area contributed by atoms with Crippen molar-refractivity contribution < 1.29 is 22.7 Å². The maximum absolute atomic E-state index is 13.0. The van der Waals surface area contributed by atoms with Crippen LogP contribution in [-0.4, -0.2) is 56.5 Å². The Bertz CT molecular complexity index is 1350. The lowest BCUT2D eigenvalue weighted by Gasteiger charge is -2.34. The Labute approximate surface area is 211 Å². The smallest absolute Gasteiger partial charge is 0.251 e. The molecule has 5 rings (SSSR count). The standard InChI is InChI=1S/C27H29N3O5S/c1-20-5-8-24(9-6-20)36(32,33)30-13-11-29(12-14-30)18-22-3-2-4-23(15-22)27(31)28-17-21-7-10-25-26(16-21)35-19-34-25/h2-10,15-16H,11-14,17-19H2,1H3,(H,28,31). The average Bonchev–Trinajstić information content (AvgIpc) is 3.36. The number of sulfonamides is 1. The molecule has 2 aliphatic heterocycles. The summed E-state index contributed by atoms with van der Waals surface area (Å²) >= 11 is 0. The van der Waals surface area contributed by atoms with Crippen molar-refractivity contribution in [2.45, 2.75) is 24.9 Å². The summed E-state index contributed by atoms with van der Waals surface area (Å²) in [5.74, 6) is 1.25. The van der Waals surface area contributed by atoms with Crippen LogP contribution < -0.4 is 14.8 Å². The third kappa shape index (κ3) is 5.38. The summed E-state index contributed by atoms with van der Waals surface area (Å²) in [6.45, 7) is 5.33. The molecule has 0 aromatic heterocycles. The number of rotatable bonds is 7. The minimum Gasteiger partial charge on any atom is -0.454 e. The number of amides is 1. The maximum Gasteiger partial charge on any atom is 0.251 e. The summed E-state index contributed by atoms with van der Waals surface area (Å²) in [7, 11) is -3.49. The van der Waals surface area contributed by atoms with Gasteiger partial charge in [-0.05, 0) is 54.4 Å². The monoisotopic (exact) mass is 507 g/mol. The molecule has 3 aromatic rings. The first-order valence-electron chi connectivity index (χ1n) is 11.9. The van der Waals surface area contributed by atoms with Gasteiger partial charge in [-0.1, -0.05) is 35.9 Å².